The topological polar surface area (TPSA) is 70.5 Å². The van der Waals surface area contributed by atoms with Gasteiger partial charge in [0, 0.05) is 15.5 Å². The molecule has 1 fully saturated rings. The monoisotopic (exact) mass is 438 g/mol. The van der Waals surface area contributed by atoms with Crippen molar-refractivity contribution < 1.29 is 14.7 Å². The number of ketones is 1. The van der Waals surface area contributed by atoms with E-state index in [4.69, 9.17) is 11.6 Å². The highest BCUT2D eigenvalue weighted by molar-refractivity contribution is 7.16. The number of anilines is 1. The van der Waals surface area contributed by atoms with Gasteiger partial charge in [0.05, 0.1) is 17.3 Å². The number of hydrogen-bond acceptors (Lipinski definition) is 5. The van der Waals surface area contributed by atoms with Crippen molar-refractivity contribution in [2.75, 3.05) is 4.90 Å². The second-order valence-electron chi connectivity index (χ2n) is 7.22. The maximum absolute atomic E-state index is 13.1. The second-order valence-corrected chi connectivity index (χ2v) is 8.84. The summed E-state index contributed by atoms with van der Waals surface area (Å²) in [5.74, 6) is -1.67. The molecule has 1 N–H and O–H groups in total. The number of thiazole rings is 1. The first-order valence-electron chi connectivity index (χ1n) is 9.35. The molecule has 1 atom stereocenters. The number of carbonyl (C=O) groups excluding carboxylic acids is 2. The molecule has 2 aromatic carbocycles. The Labute approximate surface area is 183 Å². The minimum atomic E-state index is -0.772. The molecule has 1 amide bonds. The molecule has 1 aromatic heterocycles. The number of aryl methyl sites for hydroxylation is 3. The molecule has 0 bridgehead atoms. The van der Waals surface area contributed by atoms with E-state index in [-0.39, 0.29) is 11.3 Å². The van der Waals surface area contributed by atoms with Gasteiger partial charge >= 0.3 is 5.91 Å². The predicted molar refractivity (Wildman–Crippen MR) is 119 cm³/mol. The average Bonchev–Trinajstić information content (AvgIpc) is 3.18. The van der Waals surface area contributed by atoms with Gasteiger partial charge in [0.15, 0.2) is 5.13 Å². The van der Waals surface area contributed by atoms with Crippen molar-refractivity contribution in [1.82, 2.24) is 4.98 Å². The van der Waals surface area contributed by atoms with Crippen LogP contribution in [0.15, 0.2) is 54.1 Å². The first-order chi connectivity index (χ1) is 14.3. The first kappa shape index (κ1) is 20.3. The molecule has 152 valence electrons. The van der Waals surface area contributed by atoms with E-state index in [0.29, 0.717) is 15.7 Å². The van der Waals surface area contributed by atoms with Crippen molar-refractivity contribution in [3.05, 3.63) is 86.4 Å². The maximum atomic E-state index is 13.1. The van der Waals surface area contributed by atoms with E-state index in [1.165, 1.54) is 16.2 Å². The zero-order valence-electron chi connectivity index (χ0n) is 16.6. The number of aliphatic hydroxyl groups is 1. The molecule has 0 aliphatic carbocycles. The van der Waals surface area contributed by atoms with E-state index < -0.39 is 17.7 Å². The van der Waals surface area contributed by atoms with Gasteiger partial charge < -0.3 is 5.11 Å². The lowest BCUT2D eigenvalue weighted by Gasteiger charge is -2.23. The van der Waals surface area contributed by atoms with Gasteiger partial charge in [0.1, 0.15) is 5.76 Å². The minimum Gasteiger partial charge on any atom is -0.507 e. The van der Waals surface area contributed by atoms with Crippen molar-refractivity contribution in [2.45, 2.75) is 26.8 Å². The normalized spacial score (nSPS) is 18.3. The number of carbonyl (C=O) groups is 2. The summed E-state index contributed by atoms with van der Waals surface area (Å²) in [6.45, 7) is 5.74. The highest BCUT2D eigenvalue weighted by Crippen LogP contribution is 2.43. The molecule has 1 saturated heterocycles. The summed E-state index contributed by atoms with van der Waals surface area (Å²) in [5.41, 5.74) is 3.03. The van der Waals surface area contributed by atoms with Crippen LogP contribution in [-0.2, 0) is 9.59 Å². The first-order valence-corrected chi connectivity index (χ1v) is 10.5. The molecule has 7 heteroatoms. The lowest BCUT2D eigenvalue weighted by molar-refractivity contribution is -0.132. The van der Waals surface area contributed by atoms with Crippen molar-refractivity contribution in [1.29, 1.82) is 0 Å². The Morgan fingerprint density at radius 3 is 2.23 bits per heavy atom. The van der Waals surface area contributed by atoms with E-state index in [0.717, 1.165) is 21.7 Å². The fraction of sp³-hybridized carbons (Fsp3) is 0.174. The molecule has 3 aromatic rings. The zero-order chi connectivity index (χ0) is 21.6. The number of rotatable bonds is 3. The Balaban J connectivity index is 1.94. The fourth-order valence-corrected chi connectivity index (χ4v) is 4.48. The summed E-state index contributed by atoms with van der Waals surface area (Å²) < 4.78 is 0. The number of benzene rings is 2. The molecular formula is C23H19ClN2O3S. The summed E-state index contributed by atoms with van der Waals surface area (Å²) >= 11 is 7.30. The second kappa shape index (κ2) is 7.70. The number of hydrogen-bond donors (Lipinski definition) is 1. The molecular weight excluding hydrogens is 420 g/mol. The van der Waals surface area contributed by atoms with Crippen LogP contribution in [0.5, 0.6) is 0 Å². The third-order valence-corrected chi connectivity index (χ3v) is 6.50. The van der Waals surface area contributed by atoms with Gasteiger partial charge in [-0.3, -0.25) is 14.5 Å². The highest BCUT2D eigenvalue weighted by Gasteiger charge is 2.48. The number of aliphatic hydroxyl groups excluding tert-OH is 1. The van der Waals surface area contributed by atoms with Crippen molar-refractivity contribution in [3.63, 3.8) is 0 Å². The lowest BCUT2D eigenvalue weighted by atomic mass is 9.95. The third-order valence-electron chi connectivity index (χ3n) is 5.18. The Morgan fingerprint density at radius 1 is 1.03 bits per heavy atom. The summed E-state index contributed by atoms with van der Waals surface area (Å²) in [7, 11) is 0. The third kappa shape index (κ3) is 3.42. The molecule has 5 nitrogen and oxygen atoms in total. The summed E-state index contributed by atoms with van der Waals surface area (Å²) in [5, 5.41) is 12.0. The van der Waals surface area contributed by atoms with Crippen LogP contribution in [0.3, 0.4) is 0 Å². The van der Waals surface area contributed by atoms with Crippen molar-refractivity contribution in [2.24, 2.45) is 0 Å². The Kier molecular flexibility index (Phi) is 5.22. The van der Waals surface area contributed by atoms with Gasteiger partial charge in [-0.25, -0.2) is 4.98 Å². The van der Waals surface area contributed by atoms with E-state index in [9.17, 15) is 14.7 Å². The number of amides is 1. The van der Waals surface area contributed by atoms with Crippen LogP contribution in [-0.4, -0.2) is 21.8 Å². The zero-order valence-corrected chi connectivity index (χ0v) is 18.2. The molecule has 0 spiro atoms. The standard InChI is InChI=1S/C23H19ClN2O3S/c1-12-4-6-15(7-5-12)19-18(20(27)16-8-10-17(24)11-9-16)21(28)22(29)26(19)23-25-13(2)14(3)30-23/h4-11,19,27H,1-3H3/b20-18+/t19-/m1/s1. The molecule has 2 heterocycles. The summed E-state index contributed by atoms with van der Waals surface area (Å²) in [6, 6.07) is 13.3. The van der Waals surface area contributed by atoms with Crippen LogP contribution in [0.4, 0.5) is 5.13 Å². The Morgan fingerprint density at radius 2 is 1.67 bits per heavy atom. The quantitative estimate of drug-likeness (QED) is 0.340. The minimum absolute atomic E-state index is 0.0386. The van der Waals surface area contributed by atoms with Crippen molar-refractivity contribution >= 4 is 45.5 Å². The number of halogens is 1. The SMILES string of the molecule is Cc1ccc([C@@H]2/C(=C(\O)c3ccc(Cl)cc3)C(=O)C(=O)N2c2nc(C)c(C)s2)cc1. The molecule has 4 rings (SSSR count). The van der Waals surface area contributed by atoms with E-state index >= 15 is 0 Å². The van der Waals surface area contributed by atoms with E-state index in [1.807, 2.05) is 45.0 Å². The Bertz CT molecular complexity index is 1160. The van der Waals surface area contributed by atoms with E-state index in [2.05, 4.69) is 4.98 Å². The van der Waals surface area contributed by atoms with Gasteiger partial charge in [0.25, 0.3) is 5.78 Å². The van der Waals surface area contributed by atoms with Crippen LogP contribution in [0.1, 0.15) is 33.3 Å². The molecule has 1 aliphatic rings. The van der Waals surface area contributed by atoms with Crippen LogP contribution in [0.2, 0.25) is 5.02 Å². The maximum Gasteiger partial charge on any atom is 0.301 e. The van der Waals surface area contributed by atoms with Crippen LogP contribution in [0, 0.1) is 20.8 Å². The van der Waals surface area contributed by atoms with Gasteiger partial charge in [-0.05, 0) is 50.6 Å². The van der Waals surface area contributed by atoms with Crippen LogP contribution < -0.4 is 4.90 Å². The highest BCUT2D eigenvalue weighted by atomic mass is 35.5. The largest absolute Gasteiger partial charge is 0.507 e. The number of nitrogens with zero attached hydrogens (tertiary/aromatic N) is 2. The predicted octanol–water partition coefficient (Wildman–Crippen LogP) is 5.35. The summed E-state index contributed by atoms with van der Waals surface area (Å²) in [4.78, 5) is 33.0. The number of aromatic nitrogens is 1. The van der Waals surface area contributed by atoms with E-state index in [1.54, 1.807) is 24.3 Å². The molecule has 1 aliphatic heterocycles. The van der Waals surface area contributed by atoms with Crippen molar-refractivity contribution in [3.8, 4) is 0 Å². The van der Waals surface area contributed by atoms with Gasteiger partial charge in [-0.2, -0.15) is 0 Å². The average molecular weight is 439 g/mol. The fourth-order valence-electron chi connectivity index (χ4n) is 3.42. The smallest absolute Gasteiger partial charge is 0.301 e. The molecule has 30 heavy (non-hydrogen) atoms. The van der Waals surface area contributed by atoms with Gasteiger partial charge in [-0.15, -0.1) is 11.3 Å². The van der Waals surface area contributed by atoms with Crippen LogP contribution in [0.25, 0.3) is 5.76 Å². The van der Waals surface area contributed by atoms with Gasteiger partial charge in [0.2, 0.25) is 0 Å². The molecule has 0 radical (unpaired) electrons. The number of Topliss-reactive ketones (excluding diaryl/α,β-unsaturated/α-hetero) is 1. The van der Waals surface area contributed by atoms with Gasteiger partial charge in [-0.1, -0.05) is 41.4 Å². The Hall–Kier alpha value is -2.96. The molecule has 0 unspecified atom stereocenters. The van der Waals surface area contributed by atoms with Crippen LogP contribution >= 0.6 is 22.9 Å². The lowest BCUT2D eigenvalue weighted by Crippen LogP contribution is -2.29. The molecule has 0 saturated carbocycles. The summed E-state index contributed by atoms with van der Waals surface area (Å²) in [6.07, 6.45) is 0.